The monoisotopic (exact) mass is 2240 g/mol. The van der Waals surface area contributed by atoms with Gasteiger partial charge in [0.25, 0.3) is 12.1 Å². The van der Waals surface area contributed by atoms with Crippen molar-refractivity contribution in [3.05, 3.63) is 598 Å². The van der Waals surface area contributed by atoms with Gasteiger partial charge in [-0.1, -0.05) is 434 Å². The van der Waals surface area contributed by atoms with Crippen molar-refractivity contribution in [2.75, 3.05) is 0 Å². The Morgan fingerprint density at radius 1 is 0.271 bits per heavy atom. The zero-order chi connectivity index (χ0) is 100. The largest absolute Gasteiger partial charge is 0.301 e. The van der Waals surface area contributed by atoms with Gasteiger partial charge >= 0.3 is 134 Å². The minimum Gasteiger partial charge on any atom is -0.301 e. The van der Waals surface area contributed by atoms with Crippen molar-refractivity contribution in [2.24, 2.45) is 0 Å². The maximum atomic E-state index is 7.52. The van der Waals surface area contributed by atoms with E-state index in [1.54, 1.807) is 84.8 Å². The first-order valence-corrected chi connectivity index (χ1v) is 67.8. The summed E-state index contributed by atoms with van der Waals surface area (Å²) in [5, 5.41) is 20.1. The Labute approximate surface area is 898 Å². The summed E-state index contributed by atoms with van der Waals surface area (Å²) >= 11 is 27.6. The molecule has 0 radical (unpaired) electrons. The van der Waals surface area contributed by atoms with Crippen molar-refractivity contribution in [2.45, 2.75) is 99.4 Å². The molecule has 0 saturated carbocycles. The van der Waals surface area contributed by atoms with E-state index in [-0.39, 0.29) is 0 Å². The topological polar surface area (TPSA) is 34.5 Å². The van der Waals surface area contributed by atoms with Gasteiger partial charge in [-0.15, -0.1) is 0 Å². The second-order valence-corrected chi connectivity index (χ2v) is 66.5. The third kappa shape index (κ3) is 32.4. The van der Waals surface area contributed by atoms with Gasteiger partial charge in [-0.05, 0) is 197 Å². The number of rotatable bonds is 30. The predicted molar refractivity (Wildman–Crippen MR) is 640 cm³/mol. The molecule has 16 heteroatoms. The molecule has 2 atom stereocenters. The van der Waals surface area contributed by atoms with E-state index in [1.807, 2.05) is 48.5 Å². The number of benzene rings is 17. The van der Waals surface area contributed by atoms with Crippen LogP contribution in [0.4, 0.5) is 0 Å². The van der Waals surface area contributed by atoms with Gasteiger partial charge < -0.3 is 9.69 Å². The summed E-state index contributed by atoms with van der Waals surface area (Å²) in [6.45, 7) is 21.9. The molecule has 2 heterocycles. The fourth-order valence-electron chi connectivity index (χ4n) is 16.7. The van der Waals surface area contributed by atoms with Crippen LogP contribution in [-0.4, -0.2) is 27.0 Å². The fraction of sp³-hybridized carbons (Fsp3) is 0.109. The Hall–Kier alpha value is -11.1. The Morgan fingerprint density at radius 3 is 0.708 bits per heavy atom. The van der Waals surface area contributed by atoms with Crippen molar-refractivity contribution in [1.29, 1.82) is 0 Å². The Kier molecular flexibility index (Phi) is 46.4. The standard InChI is InChI=1S/C24H20P.C19H12Cl2N2S.3C18H15P.C13H7BrCl2N2.C6H6S.3C4H9.Sn/c1-5-13-21(14-6-1)25(22-15-7-2-8-16-22,23-17-9-3-10-18-23)24-19-11-4-12-20-24;1-22-19(18-15(20)8-5-9-16(18)21)17-11-10-14(12-23-17)24-13-6-3-2-4-7-13;3*1-4-10-16(11-5-1)19(17-12-6-2-7-13-17)18-14-8-3-9-15-18;1-17-13(11-6-5-8(14)7-18-11)12-9(15)3-2-4-10(12)16;7-6-4-2-1-3-5-6;3*1-3-4-2;/h1-20H;2-12,19H;3*1-15H;2-7,13H;1-5,7H;3*1,3-4H2,2H3;/q+1;;;;;;;;;;+1/p-1. The molecule has 0 aliphatic carbocycles. The molecule has 0 spiro atoms. The number of aromatic nitrogens is 2. The molecule has 2 unspecified atom stereocenters. The summed E-state index contributed by atoms with van der Waals surface area (Å²) in [5.74, 6) is 0. The number of unbranched alkanes of at least 4 members (excludes halogenated alkanes) is 3. The molecule has 718 valence electrons. The summed E-state index contributed by atoms with van der Waals surface area (Å²) in [6.07, 6.45) is 11.9. The minimum atomic E-state index is -2.03. The summed E-state index contributed by atoms with van der Waals surface area (Å²) in [6, 6.07) is 179. The van der Waals surface area contributed by atoms with Crippen LogP contribution in [0.3, 0.4) is 0 Å². The predicted octanol–water partition coefficient (Wildman–Crippen LogP) is 33.5. The first-order valence-electron chi connectivity index (χ1n) is 48.5. The molecule has 0 fully saturated rings. The Morgan fingerprint density at radius 2 is 0.493 bits per heavy atom. The molecular weight excluding hydrogens is 2120 g/mol. The molecule has 144 heavy (non-hydrogen) atoms. The average molecular weight is 2240 g/mol. The summed E-state index contributed by atoms with van der Waals surface area (Å²) in [7, 11) is -0.878. The van der Waals surface area contributed by atoms with Crippen LogP contribution in [0.15, 0.2) is 547 Å². The minimum absolute atomic E-state index is 0.446. The fourth-order valence-corrected chi connectivity index (χ4v) is 52.9. The van der Waals surface area contributed by atoms with Gasteiger partial charge in [0.05, 0.1) is 31.2 Å². The normalized spacial score (nSPS) is 11.2. The molecular formula is C128H116BrCl4N4P4S2Sn+. The van der Waals surface area contributed by atoms with Gasteiger partial charge in [-0.25, -0.2) is 13.1 Å². The van der Waals surface area contributed by atoms with Gasteiger partial charge in [0.1, 0.15) is 39.9 Å². The zero-order valence-corrected chi connectivity index (χ0v) is 93.7. The molecule has 0 aliphatic heterocycles. The smallest absolute Gasteiger partial charge is 0.293 e. The first kappa shape index (κ1) is 110. The molecule has 19 rings (SSSR count). The number of pyridine rings is 2. The molecule has 4 nitrogen and oxygen atoms in total. The van der Waals surface area contributed by atoms with Crippen molar-refractivity contribution in [3.8, 4) is 0 Å². The van der Waals surface area contributed by atoms with Crippen LogP contribution < -0.4 is 69.0 Å². The second kappa shape index (κ2) is 60.7. The van der Waals surface area contributed by atoms with E-state index in [1.165, 1.54) is 107 Å². The van der Waals surface area contributed by atoms with Crippen LogP contribution in [0.5, 0.6) is 0 Å². The van der Waals surface area contributed by atoms with Crippen LogP contribution in [0.25, 0.3) is 9.69 Å². The Bertz CT molecular complexity index is 6170. The summed E-state index contributed by atoms with van der Waals surface area (Å²) in [4.78, 5) is 19.6. The van der Waals surface area contributed by atoms with Gasteiger partial charge in [0.15, 0.2) is 0 Å². The van der Waals surface area contributed by atoms with Gasteiger partial charge in [-0.3, -0.25) is 9.97 Å². The van der Waals surface area contributed by atoms with E-state index < -0.39 is 60.1 Å². The number of nitrogens with zero attached hydrogens (tertiary/aromatic N) is 4. The van der Waals surface area contributed by atoms with Crippen molar-refractivity contribution >= 4 is 200 Å². The Balaban J connectivity index is 0.000000141. The van der Waals surface area contributed by atoms with Crippen molar-refractivity contribution < 1.29 is 0 Å². The van der Waals surface area contributed by atoms with Crippen LogP contribution in [0.2, 0.25) is 33.4 Å². The maximum absolute atomic E-state index is 7.52. The summed E-state index contributed by atoms with van der Waals surface area (Å²) in [5.41, 5.74) is 2.47. The van der Waals surface area contributed by atoms with E-state index in [0.717, 1.165) is 14.3 Å². The van der Waals surface area contributed by atoms with E-state index in [4.69, 9.17) is 59.5 Å². The van der Waals surface area contributed by atoms with Gasteiger partial charge in [0.2, 0.25) is 0 Å². The van der Waals surface area contributed by atoms with Gasteiger partial charge in [0, 0.05) is 26.7 Å². The quantitative estimate of drug-likeness (QED) is 0.0255. The van der Waals surface area contributed by atoms with Crippen LogP contribution >= 0.6 is 114 Å². The van der Waals surface area contributed by atoms with E-state index in [2.05, 4.69) is 490 Å². The number of halogens is 5. The van der Waals surface area contributed by atoms with Crippen molar-refractivity contribution in [1.82, 2.24) is 9.97 Å². The molecule has 17 aromatic carbocycles. The molecule has 0 saturated heterocycles. The molecule has 0 bridgehead atoms. The van der Waals surface area contributed by atoms with Gasteiger partial charge in [-0.2, -0.15) is 0 Å². The maximum Gasteiger partial charge on any atom is 0.293 e. The van der Waals surface area contributed by atoms with E-state index in [0.29, 0.717) is 42.6 Å². The average Bonchev–Trinajstić information content (AvgIpc) is 0.734. The molecule has 0 aliphatic rings. The number of hydrogen-bond acceptors (Lipinski definition) is 4. The molecule has 0 amide bonds. The SMILES string of the molecule is CCC[CH2][Sn]([CH2]CCC)([CH2]CCC)[S]c1ccccc1.[C-]#[N+]C(c1ccc(Br)cn1)c1c(Cl)cccc1Cl.[C-]#[N+]C(c1ccc(Sc2ccccc2)cn1)c1c(Cl)cccc1Cl.c1ccc(P(c2ccccc2)c2ccccc2)cc1.c1ccc(P(c2ccccc2)c2ccccc2)cc1.c1ccc(P(c2ccccc2)c2ccccc2)cc1.c1ccc([P+](c2ccccc2)(c2ccccc2)c2ccccc2)cc1. The van der Waals surface area contributed by atoms with Crippen LogP contribution in [0, 0.1) is 13.1 Å². The molecule has 0 N–H and O–H groups in total. The molecule has 2 aromatic heterocycles. The number of hydrogen-bond donors (Lipinski definition) is 0. The third-order valence-corrected chi connectivity index (χ3v) is 59.6. The first-order chi connectivity index (χ1) is 70.8. The second-order valence-electron chi connectivity index (χ2n) is 33.5. The zero-order valence-electron chi connectivity index (χ0n) is 81.0. The van der Waals surface area contributed by atoms with E-state index in [9.17, 15) is 0 Å². The van der Waals surface area contributed by atoms with E-state index >= 15 is 0 Å². The third-order valence-electron chi connectivity index (χ3n) is 23.6. The van der Waals surface area contributed by atoms with Crippen molar-refractivity contribution in [3.63, 3.8) is 0 Å². The summed E-state index contributed by atoms with van der Waals surface area (Å²) < 4.78 is 5.63. The van der Waals surface area contributed by atoms with Crippen LogP contribution in [-0.2, 0) is 0 Å². The molecule has 19 aromatic rings. The van der Waals surface area contributed by atoms with Crippen LogP contribution in [0.1, 0.15) is 93.9 Å².